The Morgan fingerprint density at radius 3 is 2.19 bits per heavy atom. The Morgan fingerprint density at radius 2 is 1.81 bits per heavy atom. The zero-order valence-electron chi connectivity index (χ0n) is 10.6. The Morgan fingerprint density at radius 1 is 1.31 bits per heavy atom. The first-order valence-electron chi connectivity index (χ1n) is 6.20. The Balaban J connectivity index is 1.81. The molecule has 1 atom stereocenters. The monoisotopic (exact) mass is 243 g/mol. The molecule has 0 radical (unpaired) electrons. The highest BCUT2D eigenvalue weighted by Crippen LogP contribution is 2.68. The van der Waals surface area contributed by atoms with Crippen molar-refractivity contribution in [1.29, 1.82) is 0 Å². The number of halogens is 1. The highest BCUT2D eigenvalue weighted by Gasteiger charge is 2.68. The van der Waals surface area contributed by atoms with Crippen LogP contribution < -0.4 is 5.32 Å². The van der Waals surface area contributed by atoms with Crippen LogP contribution in [0.15, 0.2) is 0 Å². The van der Waals surface area contributed by atoms with Crippen molar-refractivity contribution in [2.45, 2.75) is 45.9 Å². The van der Waals surface area contributed by atoms with E-state index in [4.69, 9.17) is 11.6 Å². The summed E-state index contributed by atoms with van der Waals surface area (Å²) in [5.74, 6) is 0.964. The topological polar surface area (TPSA) is 29.1 Å². The second-order valence-corrected chi connectivity index (χ2v) is 7.04. The molecule has 0 bridgehead atoms. The first kappa shape index (κ1) is 12.2. The second kappa shape index (κ2) is 3.63. The molecule has 1 amide bonds. The maximum atomic E-state index is 12.0. The fourth-order valence-electron chi connectivity index (χ4n) is 2.78. The number of nitrogens with one attached hydrogen (secondary N) is 1. The van der Waals surface area contributed by atoms with E-state index in [9.17, 15) is 4.79 Å². The Bertz CT molecular complexity index is 293. The molecular formula is C13H22ClNO. The highest BCUT2D eigenvalue weighted by molar-refractivity contribution is 6.21. The minimum atomic E-state index is 0.123. The Hall–Kier alpha value is -0.240. The smallest absolute Gasteiger partial charge is 0.224 e. The van der Waals surface area contributed by atoms with Crippen LogP contribution in [-0.2, 0) is 4.79 Å². The fraction of sp³-hybridized carbons (Fsp3) is 0.923. The first-order chi connectivity index (χ1) is 7.28. The summed E-state index contributed by atoms with van der Waals surface area (Å²) in [7, 11) is 0. The van der Waals surface area contributed by atoms with Crippen molar-refractivity contribution >= 4 is 17.5 Å². The number of carbonyl (C=O) groups is 1. The van der Waals surface area contributed by atoms with E-state index in [0.717, 1.165) is 0 Å². The van der Waals surface area contributed by atoms with Gasteiger partial charge < -0.3 is 5.32 Å². The van der Waals surface area contributed by atoms with Crippen molar-refractivity contribution in [3.05, 3.63) is 0 Å². The maximum Gasteiger partial charge on any atom is 0.224 e. The van der Waals surface area contributed by atoms with E-state index in [-0.39, 0.29) is 28.0 Å². The van der Waals surface area contributed by atoms with Gasteiger partial charge in [0.05, 0.1) is 5.38 Å². The summed E-state index contributed by atoms with van der Waals surface area (Å²) in [5, 5.41) is 3.14. The predicted octanol–water partition coefficient (Wildman–Crippen LogP) is 2.80. The van der Waals surface area contributed by atoms with E-state index >= 15 is 0 Å². The lowest BCUT2D eigenvalue weighted by Gasteiger charge is -2.10. The summed E-state index contributed by atoms with van der Waals surface area (Å²) in [4.78, 5) is 12.0. The lowest BCUT2D eigenvalue weighted by molar-refractivity contribution is -0.123. The summed E-state index contributed by atoms with van der Waals surface area (Å²) in [5.41, 5.74) is 0.247. The molecule has 0 aromatic rings. The standard InChI is InChI=1S/C13H22ClNO/c1-12(2)10(13(12,3)4)11(16)15-7-9(14)8-5-6-8/h8-10H,5-7H2,1-4H3,(H,15,16). The molecule has 0 aromatic heterocycles. The van der Waals surface area contributed by atoms with Gasteiger partial charge in [0.15, 0.2) is 0 Å². The van der Waals surface area contributed by atoms with Crippen LogP contribution >= 0.6 is 11.6 Å². The normalized spacial score (nSPS) is 28.6. The molecule has 2 aliphatic rings. The third-order valence-electron chi connectivity index (χ3n) is 4.89. The predicted molar refractivity (Wildman–Crippen MR) is 66.4 cm³/mol. The summed E-state index contributed by atoms with van der Waals surface area (Å²) in [6.07, 6.45) is 2.45. The van der Waals surface area contributed by atoms with E-state index in [1.54, 1.807) is 0 Å². The third-order valence-corrected chi connectivity index (χ3v) is 5.40. The second-order valence-electron chi connectivity index (χ2n) is 6.47. The van der Waals surface area contributed by atoms with Gasteiger partial charge in [0, 0.05) is 12.5 Å². The van der Waals surface area contributed by atoms with Gasteiger partial charge in [-0.25, -0.2) is 0 Å². The van der Waals surface area contributed by atoms with Crippen molar-refractivity contribution in [3.8, 4) is 0 Å². The molecular weight excluding hydrogens is 222 g/mol. The number of carbonyl (C=O) groups excluding carboxylic acids is 1. The van der Waals surface area contributed by atoms with Crippen LogP contribution in [0, 0.1) is 22.7 Å². The van der Waals surface area contributed by atoms with Crippen LogP contribution in [0.4, 0.5) is 0 Å². The molecule has 0 aliphatic heterocycles. The van der Waals surface area contributed by atoms with Gasteiger partial charge in [0.25, 0.3) is 0 Å². The van der Waals surface area contributed by atoms with Gasteiger partial charge >= 0.3 is 0 Å². The number of alkyl halides is 1. The minimum Gasteiger partial charge on any atom is -0.354 e. The first-order valence-corrected chi connectivity index (χ1v) is 6.64. The summed E-state index contributed by atoms with van der Waals surface area (Å²) >= 11 is 6.17. The van der Waals surface area contributed by atoms with Crippen molar-refractivity contribution < 1.29 is 4.79 Å². The number of hydrogen-bond acceptors (Lipinski definition) is 1. The highest BCUT2D eigenvalue weighted by atomic mass is 35.5. The molecule has 92 valence electrons. The summed E-state index contributed by atoms with van der Waals surface area (Å²) < 4.78 is 0. The summed E-state index contributed by atoms with van der Waals surface area (Å²) in [6.45, 7) is 9.28. The van der Waals surface area contributed by atoms with E-state index in [1.165, 1.54) is 12.8 Å². The quantitative estimate of drug-likeness (QED) is 0.756. The van der Waals surface area contributed by atoms with Crippen LogP contribution in [0.1, 0.15) is 40.5 Å². The van der Waals surface area contributed by atoms with Crippen LogP contribution in [0.3, 0.4) is 0 Å². The van der Waals surface area contributed by atoms with Gasteiger partial charge in [-0.3, -0.25) is 4.79 Å². The maximum absolute atomic E-state index is 12.0. The fourth-order valence-corrected chi connectivity index (χ4v) is 3.11. The van der Waals surface area contributed by atoms with Gasteiger partial charge in [0.2, 0.25) is 5.91 Å². The third kappa shape index (κ3) is 1.85. The van der Waals surface area contributed by atoms with E-state index in [1.807, 2.05) is 0 Å². The molecule has 2 fully saturated rings. The lowest BCUT2D eigenvalue weighted by Crippen LogP contribution is -2.33. The van der Waals surface area contributed by atoms with E-state index in [0.29, 0.717) is 12.5 Å². The Labute approximate surface area is 103 Å². The van der Waals surface area contributed by atoms with Crippen LogP contribution in [0.25, 0.3) is 0 Å². The zero-order valence-corrected chi connectivity index (χ0v) is 11.4. The molecule has 2 rings (SSSR count). The minimum absolute atomic E-state index is 0.123. The molecule has 0 aromatic carbocycles. The average molecular weight is 244 g/mol. The molecule has 2 aliphatic carbocycles. The zero-order chi connectivity index (χ0) is 12.1. The van der Waals surface area contributed by atoms with Gasteiger partial charge in [-0.05, 0) is 29.6 Å². The van der Waals surface area contributed by atoms with Crippen molar-refractivity contribution in [2.75, 3.05) is 6.54 Å². The molecule has 1 unspecified atom stereocenters. The van der Waals surface area contributed by atoms with Gasteiger partial charge in [-0.1, -0.05) is 27.7 Å². The van der Waals surface area contributed by atoms with Crippen molar-refractivity contribution in [2.24, 2.45) is 22.7 Å². The molecule has 16 heavy (non-hydrogen) atoms. The molecule has 0 saturated heterocycles. The molecule has 0 spiro atoms. The van der Waals surface area contributed by atoms with Crippen LogP contribution in [0.5, 0.6) is 0 Å². The molecule has 3 heteroatoms. The summed E-state index contributed by atoms with van der Waals surface area (Å²) in [6, 6.07) is 0. The van der Waals surface area contributed by atoms with Gasteiger partial charge in [0.1, 0.15) is 0 Å². The number of amides is 1. The van der Waals surface area contributed by atoms with Crippen LogP contribution in [0.2, 0.25) is 0 Å². The number of rotatable bonds is 4. The molecule has 1 N–H and O–H groups in total. The average Bonchev–Trinajstić information content (AvgIpc) is 3.01. The van der Waals surface area contributed by atoms with Crippen LogP contribution in [-0.4, -0.2) is 17.8 Å². The van der Waals surface area contributed by atoms with Gasteiger partial charge in [-0.2, -0.15) is 0 Å². The number of hydrogen-bond donors (Lipinski definition) is 1. The SMILES string of the molecule is CC1(C)C(C(=O)NCC(Cl)C2CC2)C1(C)C. The Kier molecular flexibility index (Phi) is 2.77. The van der Waals surface area contributed by atoms with E-state index in [2.05, 4.69) is 33.0 Å². The molecule has 2 saturated carbocycles. The lowest BCUT2D eigenvalue weighted by atomic mass is 10.0. The van der Waals surface area contributed by atoms with Crippen molar-refractivity contribution in [3.63, 3.8) is 0 Å². The van der Waals surface area contributed by atoms with E-state index < -0.39 is 0 Å². The van der Waals surface area contributed by atoms with Gasteiger partial charge in [-0.15, -0.1) is 11.6 Å². The van der Waals surface area contributed by atoms with Crippen molar-refractivity contribution in [1.82, 2.24) is 5.32 Å². The molecule has 0 heterocycles. The largest absolute Gasteiger partial charge is 0.354 e. The molecule has 2 nitrogen and oxygen atoms in total.